The van der Waals surface area contributed by atoms with Crippen LogP contribution < -0.4 is 4.74 Å². The molecule has 0 heterocycles. The number of hydrogen-bond donors (Lipinski definition) is 2. The molecule has 0 saturated heterocycles. The van der Waals surface area contributed by atoms with E-state index >= 15 is 0 Å². The summed E-state index contributed by atoms with van der Waals surface area (Å²) in [5, 5.41) is 19.9. The minimum Gasteiger partial charge on any atom is -0.494 e. The topological polar surface area (TPSA) is 93.1 Å². The van der Waals surface area contributed by atoms with Gasteiger partial charge in [-0.2, -0.15) is 0 Å². The number of hydrogen-bond acceptors (Lipinski definition) is 6. The number of aliphatic hydroxyl groups is 2. The zero-order chi connectivity index (χ0) is 25.5. The summed E-state index contributed by atoms with van der Waals surface area (Å²) in [4.78, 5) is 24.7. The Labute approximate surface area is 210 Å². The van der Waals surface area contributed by atoms with Crippen LogP contribution >= 0.6 is 0 Å². The van der Waals surface area contributed by atoms with E-state index < -0.39 is 5.60 Å². The molecular formula is C29H44O6. The van der Waals surface area contributed by atoms with Gasteiger partial charge in [-0.3, -0.25) is 4.79 Å². The first-order valence-corrected chi connectivity index (χ1v) is 13.3. The fourth-order valence-corrected chi connectivity index (χ4v) is 4.48. The molecule has 0 amide bonds. The number of unbranched alkanes of at least 4 members (excludes halogenated alkanes) is 6. The van der Waals surface area contributed by atoms with E-state index in [1.807, 2.05) is 12.1 Å². The van der Waals surface area contributed by atoms with Crippen LogP contribution in [0.1, 0.15) is 106 Å². The van der Waals surface area contributed by atoms with E-state index in [-0.39, 0.29) is 18.4 Å². The van der Waals surface area contributed by atoms with Crippen LogP contribution in [0.25, 0.3) is 0 Å². The number of aliphatic hydroxyl groups excluding tert-OH is 1. The molecule has 0 spiro atoms. The van der Waals surface area contributed by atoms with E-state index in [1.165, 1.54) is 0 Å². The molecule has 1 aliphatic carbocycles. The molecule has 196 valence electrons. The number of carbonyl (C=O) groups excluding carboxylic acids is 2. The van der Waals surface area contributed by atoms with Crippen molar-refractivity contribution < 1.29 is 29.3 Å². The van der Waals surface area contributed by atoms with Gasteiger partial charge < -0.3 is 19.7 Å². The number of aryl methyl sites for hydroxylation is 1. The fraction of sp³-hybridized carbons (Fsp3) is 0.655. The summed E-state index contributed by atoms with van der Waals surface area (Å²) in [6.07, 6.45) is 12.1. The molecule has 0 unspecified atom stereocenters. The van der Waals surface area contributed by atoms with Gasteiger partial charge in [-0.25, -0.2) is 4.79 Å². The van der Waals surface area contributed by atoms with Crippen molar-refractivity contribution >= 4 is 11.8 Å². The molecule has 1 saturated carbocycles. The highest BCUT2D eigenvalue weighted by molar-refractivity contribution is 6.02. The molecule has 0 atom stereocenters. The molecule has 1 aromatic rings. The molecule has 35 heavy (non-hydrogen) atoms. The summed E-state index contributed by atoms with van der Waals surface area (Å²) in [6.45, 7) is 6.41. The number of benzene rings is 1. The average molecular weight is 489 g/mol. The summed E-state index contributed by atoms with van der Waals surface area (Å²) in [5.74, 6) is 0.150. The predicted molar refractivity (Wildman–Crippen MR) is 138 cm³/mol. The SMILES string of the molecule is C=C(C)C(=O)OCCCCCCc1cc(OCCCCCCO)cc(C(=O)C2(O)CCCCC2)c1. The normalized spacial score (nSPS) is 14.9. The molecule has 2 N–H and O–H groups in total. The standard InChI is InChI=1S/C29H44O6/c1-23(2)28(32)35-19-13-5-3-8-14-24-20-25(27(31)29(33)15-9-7-10-16-29)22-26(21-24)34-18-12-6-4-11-17-30/h20-22,30,33H,1,3-19H2,2H3. The predicted octanol–water partition coefficient (Wildman–Crippen LogP) is 5.72. The number of Topliss-reactive ketones (excluding diaryl/α,β-unsaturated/α-hetero) is 1. The first kappa shape index (κ1) is 29.1. The summed E-state index contributed by atoms with van der Waals surface area (Å²) in [7, 11) is 0. The van der Waals surface area contributed by atoms with Crippen molar-refractivity contribution in [2.45, 2.75) is 102 Å². The van der Waals surface area contributed by atoms with Crippen molar-refractivity contribution in [1.29, 1.82) is 0 Å². The fourth-order valence-electron chi connectivity index (χ4n) is 4.48. The Bertz CT molecular complexity index is 809. The highest BCUT2D eigenvalue weighted by Crippen LogP contribution is 2.32. The second-order valence-electron chi connectivity index (χ2n) is 9.85. The highest BCUT2D eigenvalue weighted by Gasteiger charge is 2.37. The summed E-state index contributed by atoms with van der Waals surface area (Å²) in [6, 6.07) is 5.70. The Morgan fingerprint density at radius 2 is 1.57 bits per heavy atom. The van der Waals surface area contributed by atoms with Gasteiger partial charge in [-0.1, -0.05) is 45.1 Å². The minimum absolute atomic E-state index is 0.189. The summed E-state index contributed by atoms with van der Waals surface area (Å²) >= 11 is 0. The summed E-state index contributed by atoms with van der Waals surface area (Å²) < 4.78 is 11.1. The van der Waals surface area contributed by atoms with Crippen LogP contribution in [0.2, 0.25) is 0 Å². The van der Waals surface area contributed by atoms with E-state index in [1.54, 1.807) is 13.0 Å². The third-order valence-corrected chi connectivity index (χ3v) is 6.59. The quantitative estimate of drug-likeness (QED) is 0.126. The van der Waals surface area contributed by atoms with Crippen LogP contribution in [0.3, 0.4) is 0 Å². The Kier molecular flexibility index (Phi) is 13.1. The third-order valence-electron chi connectivity index (χ3n) is 6.59. The lowest BCUT2D eigenvalue weighted by molar-refractivity contribution is -0.139. The van der Waals surface area contributed by atoms with E-state index in [0.29, 0.717) is 42.9 Å². The van der Waals surface area contributed by atoms with Gasteiger partial charge in [-0.05, 0) is 82.1 Å². The highest BCUT2D eigenvalue weighted by atomic mass is 16.5. The molecular weight excluding hydrogens is 444 g/mol. The molecule has 0 aliphatic heterocycles. The maximum absolute atomic E-state index is 13.2. The first-order chi connectivity index (χ1) is 16.9. The Balaban J connectivity index is 1.93. The van der Waals surface area contributed by atoms with Gasteiger partial charge in [0, 0.05) is 17.7 Å². The average Bonchev–Trinajstić information content (AvgIpc) is 2.85. The lowest BCUT2D eigenvalue weighted by Gasteiger charge is -2.30. The molecule has 6 nitrogen and oxygen atoms in total. The Morgan fingerprint density at radius 3 is 2.26 bits per heavy atom. The monoisotopic (exact) mass is 488 g/mol. The second kappa shape index (κ2) is 15.7. The molecule has 6 heteroatoms. The number of rotatable bonds is 17. The number of ether oxygens (including phenoxy) is 2. The van der Waals surface area contributed by atoms with Crippen molar-refractivity contribution in [3.63, 3.8) is 0 Å². The van der Waals surface area contributed by atoms with E-state index in [9.17, 15) is 14.7 Å². The Hall–Kier alpha value is -2.18. The minimum atomic E-state index is -1.26. The van der Waals surface area contributed by atoms with Crippen molar-refractivity contribution in [2.75, 3.05) is 19.8 Å². The van der Waals surface area contributed by atoms with Crippen LogP contribution in [0.15, 0.2) is 30.4 Å². The molecule has 1 fully saturated rings. The van der Waals surface area contributed by atoms with Crippen LogP contribution in [0.4, 0.5) is 0 Å². The van der Waals surface area contributed by atoms with Crippen molar-refractivity contribution in [2.24, 2.45) is 0 Å². The molecule has 0 aromatic heterocycles. The largest absolute Gasteiger partial charge is 0.494 e. The number of ketones is 1. The van der Waals surface area contributed by atoms with E-state index in [2.05, 4.69) is 6.58 Å². The first-order valence-electron chi connectivity index (χ1n) is 13.3. The zero-order valence-electron chi connectivity index (χ0n) is 21.5. The van der Waals surface area contributed by atoms with Gasteiger partial charge in [-0.15, -0.1) is 0 Å². The number of esters is 1. The van der Waals surface area contributed by atoms with Crippen molar-refractivity contribution in [3.8, 4) is 5.75 Å². The van der Waals surface area contributed by atoms with Gasteiger partial charge in [0.05, 0.1) is 13.2 Å². The molecule has 1 aliphatic rings. The molecule has 0 radical (unpaired) electrons. The summed E-state index contributed by atoms with van der Waals surface area (Å²) in [5.41, 5.74) is 0.730. The van der Waals surface area contributed by atoms with E-state index in [4.69, 9.17) is 14.6 Å². The lowest BCUT2D eigenvalue weighted by Crippen LogP contribution is -2.40. The lowest BCUT2D eigenvalue weighted by atomic mass is 9.79. The number of carbonyl (C=O) groups is 2. The maximum atomic E-state index is 13.2. The van der Waals surface area contributed by atoms with Crippen molar-refractivity contribution in [1.82, 2.24) is 0 Å². The smallest absolute Gasteiger partial charge is 0.333 e. The van der Waals surface area contributed by atoms with Gasteiger partial charge in [0.25, 0.3) is 0 Å². The molecule has 1 aromatic carbocycles. The van der Waals surface area contributed by atoms with Gasteiger partial charge >= 0.3 is 5.97 Å². The maximum Gasteiger partial charge on any atom is 0.333 e. The van der Waals surface area contributed by atoms with Crippen molar-refractivity contribution in [3.05, 3.63) is 41.5 Å². The Morgan fingerprint density at radius 1 is 0.914 bits per heavy atom. The van der Waals surface area contributed by atoms with Crippen LogP contribution in [-0.2, 0) is 16.0 Å². The van der Waals surface area contributed by atoms with Gasteiger partial charge in [0.15, 0.2) is 5.78 Å². The van der Waals surface area contributed by atoms with Gasteiger partial charge in [0.2, 0.25) is 0 Å². The third kappa shape index (κ3) is 10.5. The van der Waals surface area contributed by atoms with Gasteiger partial charge in [0.1, 0.15) is 11.4 Å². The van der Waals surface area contributed by atoms with Crippen LogP contribution in [-0.4, -0.2) is 47.4 Å². The molecule has 2 rings (SSSR count). The zero-order valence-corrected chi connectivity index (χ0v) is 21.5. The second-order valence-corrected chi connectivity index (χ2v) is 9.85. The van der Waals surface area contributed by atoms with Crippen LogP contribution in [0, 0.1) is 0 Å². The van der Waals surface area contributed by atoms with Crippen LogP contribution in [0.5, 0.6) is 5.75 Å². The molecule has 0 bridgehead atoms. The van der Waals surface area contributed by atoms with E-state index in [0.717, 1.165) is 82.6 Å².